The normalized spacial score (nSPS) is 12.2. The summed E-state index contributed by atoms with van der Waals surface area (Å²) in [5, 5.41) is 16.1. The fraction of sp³-hybridized carbons (Fsp3) is 0.625. The maximum Gasteiger partial charge on any atom is 0.133 e. The molecule has 0 saturated heterocycles. The predicted octanol–water partition coefficient (Wildman–Crippen LogP) is 1.48. The molecule has 0 spiro atoms. The summed E-state index contributed by atoms with van der Waals surface area (Å²) in [4.78, 5) is 0.100. The molecule has 0 amide bonds. The zero-order chi connectivity index (χ0) is 9.72. The van der Waals surface area contributed by atoms with E-state index in [1.165, 1.54) is 0 Å². The number of hydrogen-bond acceptors (Lipinski definition) is 3. The first-order valence-corrected chi connectivity index (χ1v) is 4.16. The molecule has 0 aromatic rings. The summed E-state index contributed by atoms with van der Waals surface area (Å²) in [6.45, 7) is 3.98. The summed E-state index contributed by atoms with van der Waals surface area (Å²) in [6.07, 6.45) is 0.579. The minimum atomic E-state index is -0.678. The van der Waals surface area contributed by atoms with Gasteiger partial charge in [-0.1, -0.05) is 26.1 Å². The maximum atomic E-state index is 8.62. The molecule has 12 heavy (non-hydrogen) atoms. The van der Waals surface area contributed by atoms with Gasteiger partial charge in [-0.3, -0.25) is 0 Å². The van der Waals surface area contributed by atoms with Gasteiger partial charge in [-0.05, 0) is 12.3 Å². The maximum absolute atomic E-state index is 8.62. The van der Waals surface area contributed by atoms with Crippen molar-refractivity contribution in [2.24, 2.45) is 17.6 Å². The molecule has 1 atom stereocenters. The minimum absolute atomic E-state index is 0.100. The van der Waals surface area contributed by atoms with Crippen LogP contribution in [0.4, 0.5) is 0 Å². The van der Waals surface area contributed by atoms with Crippen LogP contribution in [0.5, 0.6) is 0 Å². The summed E-state index contributed by atoms with van der Waals surface area (Å²) in [5.41, 5.74) is 5.61. The Balaban J connectivity index is 4.26. The third-order valence-corrected chi connectivity index (χ3v) is 1.63. The van der Waals surface area contributed by atoms with Gasteiger partial charge >= 0.3 is 0 Å². The summed E-state index contributed by atoms with van der Waals surface area (Å²) in [7, 11) is 0. The van der Waals surface area contributed by atoms with Gasteiger partial charge in [-0.15, -0.1) is 0 Å². The molecule has 3 N–H and O–H groups in total. The second-order valence-corrected chi connectivity index (χ2v) is 3.56. The van der Waals surface area contributed by atoms with Crippen LogP contribution in [-0.2, 0) is 0 Å². The highest BCUT2D eigenvalue weighted by Gasteiger charge is 2.17. The number of nitriles is 1. The lowest BCUT2D eigenvalue weighted by Crippen LogP contribution is -2.27. The van der Waals surface area contributed by atoms with Crippen molar-refractivity contribution in [1.82, 2.24) is 0 Å². The lowest BCUT2D eigenvalue weighted by Gasteiger charge is -2.10. The monoisotopic (exact) mass is 183 g/mol. The Morgan fingerprint density at radius 2 is 2.17 bits per heavy atom. The van der Waals surface area contributed by atoms with Crippen molar-refractivity contribution < 1.29 is 0 Å². The Bertz CT molecular complexity index is 227. The van der Waals surface area contributed by atoms with Crippen LogP contribution in [0.1, 0.15) is 20.3 Å². The zero-order valence-corrected chi connectivity index (χ0v) is 8.11. The standard InChI is InChI=1S/C8H13N3S/c1-5(2)3-7(10)6(4-9)8(11)12/h5-6,10H,3H2,1-2H3,(H2,11,12). The molecule has 0 aromatic carbocycles. The second-order valence-electron chi connectivity index (χ2n) is 3.09. The van der Waals surface area contributed by atoms with Gasteiger partial charge < -0.3 is 11.1 Å². The van der Waals surface area contributed by atoms with E-state index in [1.807, 2.05) is 19.9 Å². The topological polar surface area (TPSA) is 73.7 Å². The quantitative estimate of drug-likeness (QED) is 0.512. The van der Waals surface area contributed by atoms with Crippen molar-refractivity contribution in [3.8, 4) is 6.07 Å². The molecular formula is C8H13N3S. The van der Waals surface area contributed by atoms with Crippen LogP contribution >= 0.6 is 12.2 Å². The van der Waals surface area contributed by atoms with Crippen molar-refractivity contribution in [3.05, 3.63) is 0 Å². The highest BCUT2D eigenvalue weighted by molar-refractivity contribution is 7.80. The average Bonchev–Trinajstić information content (AvgIpc) is 1.85. The Morgan fingerprint density at radius 3 is 2.42 bits per heavy atom. The number of rotatable bonds is 4. The van der Waals surface area contributed by atoms with Crippen LogP contribution in [0.15, 0.2) is 0 Å². The molecule has 0 aliphatic rings. The van der Waals surface area contributed by atoms with Crippen molar-refractivity contribution in [2.75, 3.05) is 0 Å². The Morgan fingerprint density at radius 1 is 1.67 bits per heavy atom. The van der Waals surface area contributed by atoms with E-state index in [1.54, 1.807) is 0 Å². The highest BCUT2D eigenvalue weighted by atomic mass is 32.1. The van der Waals surface area contributed by atoms with Gasteiger partial charge in [0.15, 0.2) is 0 Å². The molecule has 1 unspecified atom stereocenters. The molecule has 0 rings (SSSR count). The van der Waals surface area contributed by atoms with Gasteiger partial charge in [0, 0.05) is 5.71 Å². The van der Waals surface area contributed by atoms with Gasteiger partial charge in [-0.25, -0.2) is 0 Å². The Labute approximate surface area is 78.1 Å². The van der Waals surface area contributed by atoms with Gasteiger partial charge in [-0.2, -0.15) is 5.26 Å². The van der Waals surface area contributed by atoms with Gasteiger partial charge in [0.05, 0.1) is 11.1 Å². The number of nitrogens with two attached hydrogens (primary N) is 1. The van der Waals surface area contributed by atoms with Crippen molar-refractivity contribution >= 4 is 22.9 Å². The molecule has 0 fully saturated rings. The average molecular weight is 183 g/mol. The molecule has 0 bridgehead atoms. The lowest BCUT2D eigenvalue weighted by atomic mass is 9.96. The van der Waals surface area contributed by atoms with Crippen LogP contribution in [0.3, 0.4) is 0 Å². The molecule has 0 heterocycles. The molecule has 66 valence electrons. The van der Waals surface area contributed by atoms with E-state index in [-0.39, 0.29) is 4.99 Å². The van der Waals surface area contributed by atoms with E-state index in [0.717, 1.165) is 0 Å². The number of thiocarbonyl (C=S) groups is 1. The largest absolute Gasteiger partial charge is 0.392 e. The number of nitrogens with one attached hydrogen (secondary N) is 1. The number of hydrogen-bond donors (Lipinski definition) is 2. The Kier molecular flexibility index (Phi) is 4.45. The van der Waals surface area contributed by atoms with Crippen LogP contribution in [0.2, 0.25) is 0 Å². The molecule has 0 saturated carbocycles. The fourth-order valence-corrected chi connectivity index (χ4v) is 1.07. The lowest BCUT2D eigenvalue weighted by molar-refractivity contribution is 0.674. The van der Waals surface area contributed by atoms with Gasteiger partial charge in [0.25, 0.3) is 0 Å². The SMILES string of the molecule is CC(C)CC(=N)C(C#N)C(N)=S. The summed E-state index contributed by atoms with van der Waals surface area (Å²) in [6, 6.07) is 1.92. The van der Waals surface area contributed by atoms with Crippen LogP contribution in [0, 0.1) is 28.6 Å². The van der Waals surface area contributed by atoms with Crippen molar-refractivity contribution in [3.63, 3.8) is 0 Å². The van der Waals surface area contributed by atoms with Crippen LogP contribution in [0.25, 0.3) is 0 Å². The summed E-state index contributed by atoms with van der Waals surface area (Å²) in [5.74, 6) is -0.315. The molecular weight excluding hydrogens is 170 g/mol. The smallest absolute Gasteiger partial charge is 0.133 e. The zero-order valence-electron chi connectivity index (χ0n) is 7.29. The first-order chi connectivity index (χ1) is 5.49. The second kappa shape index (κ2) is 4.83. The van der Waals surface area contributed by atoms with E-state index < -0.39 is 5.92 Å². The van der Waals surface area contributed by atoms with Gasteiger partial charge in [0.2, 0.25) is 0 Å². The first kappa shape index (κ1) is 11.1. The van der Waals surface area contributed by atoms with Gasteiger partial charge in [0.1, 0.15) is 5.92 Å². The molecule has 3 nitrogen and oxygen atoms in total. The van der Waals surface area contributed by atoms with E-state index in [2.05, 4.69) is 12.2 Å². The number of nitrogens with zero attached hydrogens (tertiary/aromatic N) is 1. The highest BCUT2D eigenvalue weighted by Crippen LogP contribution is 2.08. The Hall–Kier alpha value is -0.950. The molecule has 4 heteroatoms. The van der Waals surface area contributed by atoms with E-state index in [4.69, 9.17) is 16.4 Å². The predicted molar refractivity (Wildman–Crippen MR) is 53.1 cm³/mol. The summed E-state index contributed by atoms with van der Waals surface area (Å²) < 4.78 is 0. The van der Waals surface area contributed by atoms with Crippen LogP contribution in [-0.4, -0.2) is 10.7 Å². The molecule has 0 aliphatic heterocycles. The third kappa shape index (κ3) is 3.44. The van der Waals surface area contributed by atoms with Crippen molar-refractivity contribution in [1.29, 1.82) is 10.7 Å². The first-order valence-electron chi connectivity index (χ1n) is 3.75. The van der Waals surface area contributed by atoms with E-state index >= 15 is 0 Å². The van der Waals surface area contributed by atoms with Crippen molar-refractivity contribution in [2.45, 2.75) is 20.3 Å². The summed E-state index contributed by atoms with van der Waals surface area (Å²) >= 11 is 4.66. The van der Waals surface area contributed by atoms with E-state index in [9.17, 15) is 0 Å². The fourth-order valence-electron chi connectivity index (χ4n) is 0.871. The van der Waals surface area contributed by atoms with Crippen LogP contribution < -0.4 is 5.73 Å². The molecule has 0 radical (unpaired) electrons. The minimum Gasteiger partial charge on any atom is -0.392 e. The van der Waals surface area contributed by atoms with E-state index in [0.29, 0.717) is 18.1 Å². The molecule has 0 aromatic heterocycles. The molecule has 0 aliphatic carbocycles. The third-order valence-electron chi connectivity index (χ3n) is 1.39.